The summed E-state index contributed by atoms with van der Waals surface area (Å²) in [7, 11) is 0. The molecule has 8 heteroatoms. The number of rotatable bonds is 2. The van der Waals surface area contributed by atoms with Crippen LogP contribution in [0.1, 0.15) is 24.0 Å². The van der Waals surface area contributed by atoms with Gasteiger partial charge in [0.2, 0.25) is 0 Å². The number of carbonyl (C=O) groups is 2. The topological polar surface area (TPSA) is 89.3 Å². The van der Waals surface area contributed by atoms with E-state index in [9.17, 15) is 19.2 Å². The van der Waals surface area contributed by atoms with Crippen molar-refractivity contribution in [3.63, 3.8) is 0 Å². The molecule has 0 bridgehead atoms. The van der Waals surface area contributed by atoms with Gasteiger partial charge in [-0.05, 0) is 37.5 Å². The van der Waals surface area contributed by atoms with Gasteiger partial charge in [0.05, 0.1) is 16.8 Å². The van der Waals surface area contributed by atoms with Gasteiger partial charge in [-0.25, -0.2) is 4.39 Å². The molecule has 0 radical (unpaired) electrons. The molecular formula is C20H20FN5O2. The van der Waals surface area contributed by atoms with Crippen molar-refractivity contribution in [1.82, 2.24) is 15.2 Å². The lowest BCUT2D eigenvalue weighted by atomic mass is 10.0. The first-order chi connectivity index (χ1) is 13.5. The lowest BCUT2D eigenvalue weighted by Gasteiger charge is -2.36. The number of benzene rings is 1. The van der Waals surface area contributed by atoms with Crippen molar-refractivity contribution in [3.8, 4) is 6.07 Å². The Morgan fingerprint density at radius 1 is 1.25 bits per heavy atom. The number of amides is 2. The van der Waals surface area contributed by atoms with Crippen molar-refractivity contribution in [1.29, 1.82) is 5.26 Å². The van der Waals surface area contributed by atoms with Gasteiger partial charge in [0.25, 0.3) is 0 Å². The van der Waals surface area contributed by atoms with Crippen LogP contribution in [-0.2, 0) is 9.59 Å². The van der Waals surface area contributed by atoms with E-state index in [1.165, 1.54) is 23.2 Å². The Morgan fingerprint density at radius 3 is 2.61 bits per heavy atom. The SMILES string of the molecule is Cc1cc(F)cc2c(N3CCN(C(=O)C(=O)NC4CC4)CC3)c(C#N)cnc12. The predicted molar refractivity (Wildman–Crippen MR) is 101 cm³/mol. The fourth-order valence-electron chi connectivity index (χ4n) is 3.60. The van der Waals surface area contributed by atoms with Gasteiger partial charge in [0.1, 0.15) is 11.9 Å². The lowest BCUT2D eigenvalue weighted by Crippen LogP contribution is -2.53. The van der Waals surface area contributed by atoms with Crippen LogP contribution >= 0.6 is 0 Å². The predicted octanol–water partition coefficient (Wildman–Crippen LogP) is 1.48. The zero-order valence-corrected chi connectivity index (χ0v) is 15.5. The van der Waals surface area contributed by atoms with Crippen molar-refractivity contribution in [2.24, 2.45) is 0 Å². The summed E-state index contributed by atoms with van der Waals surface area (Å²) in [6.45, 7) is 3.40. The highest BCUT2D eigenvalue weighted by molar-refractivity contribution is 6.35. The highest BCUT2D eigenvalue weighted by atomic mass is 19.1. The monoisotopic (exact) mass is 381 g/mol. The summed E-state index contributed by atoms with van der Waals surface area (Å²) in [5, 5.41) is 12.8. The van der Waals surface area contributed by atoms with Crippen LogP contribution in [0.25, 0.3) is 10.9 Å². The normalized spacial score (nSPS) is 16.8. The summed E-state index contributed by atoms with van der Waals surface area (Å²) in [5.74, 6) is -1.46. The summed E-state index contributed by atoms with van der Waals surface area (Å²) in [5.41, 5.74) is 2.34. The second-order valence-corrected chi connectivity index (χ2v) is 7.28. The van der Waals surface area contributed by atoms with E-state index in [1.807, 2.05) is 4.90 Å². The van der Waals surface area contributed by atoms with Crippen LogP contribution in [0.2, 0.25) is 0 Å². The Morgan fingerprint density at radius 2 is 1.96 bits per heavy atom. The van der Waals surface area contributed by atoms with Crippen molar-refractivity contribution < 1.29 is 14.0 Å². The number of nitrogens with zero attached hydrogens (tertiary/aromatic N) is 4. The average Bonchev–Trinajstić information content (AvgIpc) is 3.50. The van der Waals surface area contributed by atoms with E-state index in [2.05, 4.69) is 16.4 Å². The van der Waals surface area contributed by atoms with E-state index in [0.29, 0.717) is 53.9 Å². The summed E-state index contributed by atoms with van der Waals surface area (Å²) >= 11 is 0. The van der Waals surface area contributed by atoms with Crippen molar-refractivity contribution >= 4 is 28.4 Å². The molecule has 7 nitrogen and oxygen atoms in total. The van der Waals surface area contributed by atoms with Crippen LogP contribution in [0, 0.1) is 24.1 Å². The minimum Gasteiger partial charge on any atom is -0.366 e. The van der Waals surface area contributed by atoms with Gasteiger partial charge in [0, 0.05) is 43.8 Å². The number of aryl methyl sites for hydroxylation is 1. The number of nitrogens with one attached hydrogen (secondary N) is 1. The van der Waals surface area contributed by atoms with Gasteiger partial charge in [0.15, 0.2) is 0 Å². The van der Waals surface area contributed by atoms with E-state index in [1.54, 1.807) is 6.92 Å². The first-order valence-electron chi connectivity index (χ1n) is 9.31. The Balaban J connectivity index is 1.57. The summed E-state index contributed by atoms with van der Waals surface area (Å²) in [6, 6.07) is 5.08. The van der Waals surface area contributed by atoms with Gasteiger partial charge in [-0.1, -0.05) is 0 Å². The van der Waals surface area contributed by atoms with E-state index in [4.69, 9.17) is 0 Å². The van der Waals surface area contributed by atoms with Gasteiger partial charge in [-0.2, -0.15) is 5.26 Å². The molecular weight excluding hydrogens is 361 g/mol. The molecule has 0 spiro atoms. The molecule has 4 rings (SSSR count). The molecule has 144 valence electrons. The number of halogens is 1. The third-order valence-corrected chi connectivity index (χ3v) is 5.21. The number of hydrogen-bond donors (Lipinski definition) is 1. The largest absolute Gasteiger partial charge is 0.366 e. The Hall–Kier alpha value is -3.21. The van der Waals surface area contributed by atoms with Gasteiger partial charge in [-0.15, -0.1) is 0 Å². The van der Waals surface area contributed by atoms with Crippen molar-refractivity contribution in [3.05, 3.63) is 35.3 Å². The molecule has 2 amide bonds. The molecule has 2 heterocycles. The van der Waals surface area contributed by atoms with Crippen LogP contribution in [0.4, 0.5) is 10.1 Å². The standard InChI is InChI=1S/C20H20FN5O2/c1-12-8-14(21)9-16-17(12)23-11-13(10-22)18(16)25-4-6-26(7-5-25)20(28)19(27)24-15-2-3-15/h8-9,11,15H,2-7H2,1H3,(H,24,27). The minimum absolute atomic E-state index is 0.136. The molecule has 2 aliphatic rings. The number of anilines is 1. The lowest BCUT2D eigenvalue weighted by molar-refractivity contribution is -0.146. The molecule has 1 aromatic carbocycles. The third kappa shape index (κ3) is 3.36. The molecule has 28 heavy (non-hydrogen) atoms. The number of carbonyl (C=O) groups excluding carboxylic acids is 2. The van der Waals surface area contributed by atoms with Gasteiger partial charge < -0.3 is 15.1 Å². The van der Waals surface area contributed by atoms with Crippen LogP contribution in [0.5, 0.6) is 0 Å². The molecule has 1 saturated heterocycles. The fraction of sp³-hybridized carbons (Fsp3) is 0.400. The molecule has 1 saturated carbocycles. The third-order valence-electron chi connectivity index (χ3n) is 5.21. The Labute approximate surface area is 161 Å². The summed E-state index contributed by atoms with van der Waals surface area (Å²) in [6.07, 6.45) is 3.35. The maximum Gasteiger partial charge on any atom is 0.312 e. The number of nitriles is 1. The van der Waals surface area contributed by atoms with Crippen molar-refractivity contribution in [2.75, 3.05) is 31.1 Å². The second-order valence-electron chi connectivity index (χ2n) is 7.28. The van der Waals surface area contributed by atoms with Crippen LogP contribution in [-0.4, -0.2) is 53.9 Å². The molecule has 1 aromatic heterocycles. The van der Waals surface area contributed by atoms with E-state index >= 15 is 0 Å². The smallest absolute Gasteiger partial charge is 0.312 e. The molecule has 1 aliphatic carbocycles. The highest BCUT2D eigenvalue weighted by Gasteiger charge is 2.31. The quantitative estimate of drug-likeness (QED) is 0.796. The molecule has 2 aromatic rings. The Bertz CT molecular complexity index is 1000. The van der Waals surface area contributed by atoms with Crippen molar-refractivity contribution in [2.45, 2.75) is 25.8 Å². The number of hydrogen-bond acceptors (Lipinski definition) is 5. The maximum absolute atomic E-state index is 14.0. The van der Waals surface area contributed by atoms with E-state index in [-0.39, 0.29) is 11.9 Å². The second kappa shape index (κ2) is 7.08. The molecule has 0 atom stereocenters. The first kappa shape index (κ1) is 18.2. The maximum atomic E-state index is 14.0. The zero-order chi connectivity index (χ0) is 19.8. The number of aromatic nitrogens is 1. The number of fused-ring (bicyclic) bond motifs is 1. The number of pyridine rings is 1. The molecule has 2 fully saturated rings. The van der Waals surface area contributed by atoms with Crippen LogP contribution in [0.15, 0.2) is 18.3 Å². The highest BCUT2D eigenvalue weighted by Crippen LogP contribution is 2.32. The molecule has 0 unspecified atom stereocenters. The first-order valence-corrected chi connectivity index (χ1v) is 9.31. The molecule has 1 N–H and O–H groups in total. The van der Waals surface area contributed by atoms with E-state index < -0.39 is 11.8 Å². The van der Waals surface area contributed by atoms with E-state index in [0.717, 1.165) is 12.8 Å². The molecule has 1 aliphatic heterocycles. The minimum atomic E-state index is -0.555. The van der Waals surface area contributed by atoms with Crippen LogP contribution < -0.4 is 10.2 Å². The van der Waals surface area contributed by atoms with Gasteiger partial charge >= 0.3 is 11.8 Å². The average molecular weight is 381 g/mol. The van der Waals surface area contributed by atoms with Crippen LogP contribution in [0.3, 0.4) is 0 Å². The Kier molecular flexibility index (Phi) is 4.59. The van der Waals surface area contributed by atoms with Gasteiger partial charge in [-0.3, -0.25) is 14.6 Å². The fourth-order valence-corrected chi connectivity index (χ4v) is 3.60. The summed E-state index contributed by atoms with van der Waals surface area (Å²) in [4.78, 5) is 32.1. The summed E-state index contributed by atoms with van der Waals surface area (Å²) < 4.78 is 14.0. The number of piperazine rings is 1. The zero-order valence-electron chi connectivity index (χ0n) is 15.5.